The lowest BCUT2D eigenvalue weighted by Crippen LogP contribution is -2.25. The number of rotatable bonds is 2. The molecule has 0 radical (unpaired) electrons. The van der Waals surface area contributed by atoms with Crippen LogP contribution in [-0.4, -0.2) is 26.6 Å². The standard InChI is InChI=1S/C15H25N3O2/c1-10-6-8-12(9-7-10)18-11(2)13(16-17-18)14(19)20-15(3,4)5/h10,12H,6-9H2,1-5H3. The highest BCUT2D eigenvalue weighted by atomic mass is 16.6. The van der Waals surface area contributed by atoms with Crippen molar-refractivity contribution in [2.24, 2.45) is 5.92 Å². The zero-order valence-corrected chi connectivity index (χ0v) is 13.1. The van der Waals surface area contributed by atoms with Gasteiger partial charge in [0.15, 0.2) is 5.69 Å². The molecule has 1 aromatic rings. The Morgan fingerprint density at radius 2 is 1.85 bits per heavy atom. The molecule has 0 aromatic carbocycles. The predicted octanol–water partition coefficient (Wildman–Crippen LogP) is 3.29. The van der Waals surface area contributed by atoms with Crippen LogP contribution in [0.3, 0.4) is 0 Å². The molecule has 0 bridgehead atoms. The number of carbonyl (C=O) groups is 1. The summed E-state index contributed by atoms with van der Waals surface area (Å²) >= 11 is 0. The lowest BCUT2D eigenvalue weighted by atomic mass is 9.87. The molecular formula is C15H25N3O2. The number of aromatic nitrogens is 3. The third-order valence-corrected chi connectivity index (χ3v) is 3.85. The van der Waals surface area contributed by atoms with Crippen molar-refractivity contribution in [3.63, 3.8) is 0 Å². The summed E-state index contributed by atoms with van der Waals surface area (Å²) in [6, 6.07) is 0.370. The van der Waals surface area contributed by atoms with Crippen molar-refractivity contribution in [3.8, 4) is 0 Å². The first-order valence-electron chi connectivity index (χ1n) is 7.43. The van der Waals surface area contributed by atoms with Gasteiger partial charge in [-0.2, -0.15) is 0 Å². The summed E-state index contributed by atoms with van der Waals surface area (Å²) in [7, 11) is 0. The maximum Gasteiger partial charge on any atom is 0.361 e. The normalized spacial score (nSPS) is 23.6. The highest BCUT2D eigenvalue weighted by molar-refractivity contribution is 5.88. The Bertz CT molecular complexity index is 480. The lowest BCUT2D eigenvalue weighted by molar-refractivity contribution is 0.00618. The number of hydrogen-bond donors (Lipinski definition) is 0. The summed E-state index contributed by atoms with van der Waals surface area (Å²) in [4.78, 5) is 12.1. The Balaban J connectivity index is 2.13. The molecule has 0 N–H and O–H groups in total. The van der Waals surface area contributed by atoms with Gasteiger partial charge in [-0.25, -0.2) is 9.48 Å². The Labute approximate surface area is 120 Å². The molecule has 20 heavy (non-hydrogen) atoms. The molecule has 1 aliphatic rings. The van der Waals surface area contributed by atoms with Crippen molar-refractivity contribution in [3.05, 3.63) is 11.4 Å². The van der Waals surface area contributed by atoms with Crippen molar-refractivity contribution in [2.45, 2.75) is 71.9 Å². The van der Waals surface area contributed by atoms with Gasteiger partial charge in [-0.3, -0.25) is 0 Å². The van der Waals surface area contributed by atoms with Crippen molar-refractivity contribution in [1.29, 1.82) is 0 Å². The molecule has 0 spiro atoms. The summed E-state index contributed by atoms with van der Waals surface area (Å²) in [6.45, 7) is 9.75. The number of nitrogens with zero attached hydrogens (tertiary/aromatic N) is 3. The van der Waals surface area contributed by atoms with E-state index in [1.165, 1.54) is 12.8 Å². The molecule has 5 nitrogen and oxygen atoms in total. The Hall–Kier alpha value is -1.39. The molecule has 0 amide bonds. The van der Waals surface area contributed by atoms with Crippen LogP contribution >= 0.6 is 0 Å². The van der Waals surface area contributed by atoms with E-state index in [2.05, 4.69) is 17.2 Å². The van der Waals surface area contributed by atoms with Gasteiger partial charge in [-0.05, 0) is 59.3 Å². The summed E-state index contributed by atoms with van der Waals surface area (Å²) in [5.74, 6) is 0.408. The second kappa shape index (κ2) is 5.54. The zero-order valence-electron chi connectivity index (χ0n) is 13.1. The van der Waals surface area contributed by atoms with Crippen LogP contribution < -0.4 is 0 Å². The average Bonchev–Trinajstić information content (AvgIpc) is 2.70. The molecule has 1 fully saturated rings. The van der Waals surface area contributed by atoms with Gasteiger partial charge >= 0.3 is 5.97 Å². The quantitative estimate of drug-likeness (QED) is 0.779. The monoisotopic (exact) mass is 279 g/mol. The topological polar surface area (TPSA) is 57.0 Å². The Morgan fingerprint density at radius 3 is 2.40 bits per heavy atom. The maximum atomic E-state index is 12.1. The van der Waals surface area contributed by atoms with Crippen LogP contribution in [0.15, 0.2) is 0 Å². The zero-order chi connectivity index (χ0) is 14.9. The van der Waals surface area contributed by atoms with Crippen LogP contribution in [0.25, 0.3) is 0 Å². The van der Waals surface area contributed by atoms with Gasteiger partial charge in [0.2, 0.25) is 0 Å². The molecule has 0 atom stereocenters. The maximum absolute atomic E-state index is 12.1. The van der Waals surface area contributed by atoms with Crippen molar-refractivity contribution in [2.75, 3.05) is 0 Å². The highest BCUT2D eigenvalue weighted by Gasteiger charge is 2.27. The van der Waals surface area contributed by atoms with E-state index in [9.17, 15) is 4.79 Å². The van der Waals surface area contributed by atoms with E-state index in [1.54, 1.807) is 0 Å². The minimum Gasteiger partial charge on any atom is -0.455 e. The molecule has 2 rings (SSSR count). The number of carbonyl (C=O) groups excluding carboxylic acids is 1. The van der Waals surface area contributed by atoms with Crippen molar-refractivity contribution >= 4 is 5.97 Å². The fraction of sp³-hybridized carbons (Fsp3) is 0.800. The second-order valence-electron chi connectivity index (χ2n) is 6.88. The molecule has 1 aromatic heterocycles. The van der Waals surface area contributed by atoms with Gasteiger partial charge in [-0.1, -0.05) is 12.1 Å². The van der Waals surface area contributed by atoms with E-state index in [-0.39, 0.29) is 5.97 Å². The van der Waals surface area contributed by atoms with E-state index < -0.39 is 5.60 Å². The summed E-state index contributed by atoms with van der Waals surface area (Å²) in [5.41, 5.74) is 0.658. The average molecular weight is 279 g/mol. The third-order valence-electron chi connectivity index (χ3n) is 3.85. The van der Waals surface area contributed by atoms with E-state index in [0.717, 1.165) is 24.5 Å². The Morgan fingerprint density at radius 1 is 1.25 bits per heavy atom. The van der Waals surface area contributed by atoms with Crippen LogP contribution in [0.5, 0.6) is 0 Å². The summed E-state index contributed by atoms with van der Waals surface area (Å²) < 4.78 is 7.28. The molecule has 0 aliphatic heterocycles. The molecule has 1 aliphatic carbocycles. The van der Waals surface area contributed by atoms with Crippen LogP contribution in [0.4, 0.5) is 0 Å². The largest absolute Gasteiger partial charge is 0.455 e. The first kappa shape index (κ1) is 15.0. The van der Waals surface area contributed by atoms with Gasteiger partial charge in [-0.15, -0.1) is 5.10 Å². The van der Waals surface area contributed by atoms with Crippen molar-refractivity contribution in [1.82, 2.24) is 15.0 Å². The molecule has 1 saturated carbocycles. The minimum absolute atomic E-state index is 0.346. The van der Waals surface area contributed by atoms with Crippen LogP contribution in [0.1, 0.15) is 75.6 Å². The molecular weight excluding hydrogens is 254 g/mol. The van der Waals surface area contributed by atoms with Crippen LogP contribution in [-0.2, 0) is 4.74 Å². The SMILES string of the molecule is Cc1c(C(=O)OC(C)(C)C)nnn1C1CCC(C)CC1. The minimum atomic E-state index is -0.506. The first-order chi connectivity index (χ1) is 9.28. The van der Waals surface area contributed by atoms with Gasteiger partial charge in [0.05, 0.1) is 11.7 Å². The molecule has 5 heteroatoms. The highest BCUT2D eigenvalue weighted by Crippen LogP contribution is 2.32. The van der Waals surface area contributed by atoms with Gasteiger partial charge in [0, 0.05) is 0 Å². The number of ether oxygens (including phenoxy) is 1. The van der Waals surface area contributed by atoms with Crippen molar-refractivity contribution < 1.29 is 9.53 Å². The summed E-state index contributed by atoms with van der Waals surface area (Å²) in [6.07, 6.45) is 4.65. The van der Waals surface area contributed by atoms with Gasteiger partial charge < -0.3 is 4.74 Å². The molecule has 1 heterocycles. The summed E-state index contributed by atoms with van der Waals surface area (Å²) in [5, 5.41) is 8.21. The van der Waals surface area contributed by atoms with E-state index in [1.807, 2.05) is 32.4 Å². The van der Waals surface area contributed by atoms with Gasteiger partial charge in [0.1, 0.15) is 5.60 Å². The van der Waals surface area contributed by atoms with E-state index in [0.29, 0.717) is 11.7 Å². The second-order valence-corrected chi connectivity index (χ2v) is 6.88. The number of hydrogen-bond acceptors (Lipinski definition) is 4. The fourth-order valence-corrected chi connectivity index (χ4v) is 2.69. The number of esters is 1. The molecule has 0 unspecified atom stereocenters. The van der Waals surface area contributed by atoms with Gasteiger partial charge in [0.25, 0.3) is 0 Å². The van der Waals surface area contributed by atoms with Crippen LogP contribution in [0, 0.1) is 12.8 Å². The molecule has 0 saturated heterocycles. The van der Waals surface area contributed by atoms with E-state index in [4.69, 9.17) is 4.74 Å². The molecule has 112 valence electrons. The first-order valence-corrected chi connectivity index (χ1v) is 7.43. The third kappa shape index (κ3) is 3.38. The lowest BCUT2D eigenvalue weighted by Gasteiger charge is -2.26. The van der Waals surface area contributed by atoms with E-state index >= 15 is 0 Å². The van der Waals surface area contributed by atoms with Crippen LogP contribution in [0.2, 0.25) is 0 Å². The Kier molecular flexibility index (Phi) is 4.16. The fourth-order valence-electron chi connectivity index (χ4n) is 2.69. The predicted molar refractivity (Wildman–Crippen MR) is 76.6 cm³/mol. The smallest absolute Gasteiger partial charge is 0.361 e.